The lowest BCUT2D eigenvalue weighted by Gasteiger charge is -2.10. The van der Waals surface area contributed by atoms with Crippen LogP contribution in [0.2, 0.25) is 0 Å². The molecule has 1 aliphatic rings. The van der Waals surface area contributed by atoms with Crippen molar-refractivity contribution in [1.82, 2.24) is 4.90 Å². The summed E-state index contributed by atoms with van der Waals surface area (Å²) >= 11 is 0. The summed E-state index contributed by atoms with van der Waals surface area (Å²) in [6.07, 6.45) is 2.63. The number of likely N-dealkylation sites (N-methyl/N-ethyl adjacent to an activating group) is 1. The minimum Gasteiger partial charge on any atom is -0.377 e. The number of hydrogen-bond acceptors (Lipinski definition) is 3. The van der Waals surface area contributed by atoms with Crippen molar-refractivity contribution in [3.63, 3.8) is 0 Å². The van der Waals surface area contributed by atoms with Crippen LogP contribution < -0.4 is 5.73 Å². The molecular weight excluding hydrogens is 140 g/mol. The maximum absolute atomic E-state index is 5.59. The van der Waals surface area contributed by atoms with E-state index < -0.39 is 0 Å². The van der Waals surface area contributed by atoms with Gasteiger partial charge in [0.25, 0.3) is 0 Å². The van der Waals surface area contributed by atoms with Crippen molar-refractivity contribution in [1.29, 1.82) is 0 Å². The number of rotatable bonds is 4. The van der Waals surface area contributed by atoms with Gasteiger partial charge in [-0.2, -0.15) is 0 Å². The zero-order valence-electron chi connectivity index (χ0n) is 7.25. The summed E-state index contributed by atoms with van der Waals surface area (Å²) in [7, 11) is 2.13. The Balaban J connectivity index is 1.99. The van der Waals surface area contributed by atoms with Gasteiger partial charge in [0.1, 0.15) is 0 Å². The fourth-order valence-corrected chi connectivity index (χ4v) is 1.36. The van der Waals surface area contributed by atoms with Crippen molar-refractivity contribution in [2.75, 3.05) is 33.3 Å². The van der Waals surface area contributed by atoms with Gasteiger partial charge in [-0.05, 0) is 26.4 Å². The molecule has 0 spiro atoms. The smallest absolute Gasteiger partial charge is 0.0714 e. The summed E-state index contributed by atoms with van der Waals surface area (Å²) in [4.78, 5) is 2.30. The molecule has 0 saturated carbocycles. The zero-order valence-corrected chi connectivity index (χ0v) is 7.25. The van der Waals surface area contributed by atoms with E-state index in [0.717, 1.165) is 26.1 Å². The van der Waals surface area contributed by atoms with Gasteiger partial charge in [0.05, 0.1) is 6.10 Å². The predicted molar refractivity (Wildman–Crippen MR) is 45.5 cm³/mol. The Morgan fingerprint density at radius 3 is 3.00 bits per heavy atom. The summed E-state index contributed by atoms with van der Waals surface area (Å²) in [5, 5.41) is 0. The molecular formula is C8H18N2O. The summed E-state index contributed by atoms with van der Waals surface area (Å²) in [6, 6.07) is 0. The van der Waals surface area contributed by atoms with Crippen LogP contribution in [-0.4, -0.2) is 44.3 Å². The number of likely N-dealkylation sites (tertiary alicyclic amines) is 1. The Morgan fingerprint density at radius 2 is 2.45 bits per heavy atom. The molecule has 0 aromatic carbocycles. The van der Waals surface area contributed by atoms with Gasteiger partial charge >= 0.3 is 0 Å². The molecule has 0 aromatic heterocycles. The molecule has 0 amide bonds. The average Bonchev–Trinajstić information content (AvgIpc) is 2.37. The van der Waals surface area contributed by atoms with Gasteiger partial charge in [0.2, 0.25) is 0 Å². The summed E-state index contributed by atoms with van der Waals surface area (Å²) in [5.41, 5.74) is 5.35. The molecule has 3 nitrogen and oxygen atoms in total. The van der Waals surface area contributed by atoms with Crippen LogP contribution in [0.3, 0.4) is 0 Å². The zero-order chi connectivity index (χ0) is 8.10. The van der Waals surface area contributed by atoms with Crippen LogP contribution in [-0.2, 0) is 4.74 Å². The minimum atomic E-state index is 0.464. The van der Waals surface area contributed by atoms with Gasteiger partial charge in [0, 0.05) is 19.7 Å². The number of nitrogens with two attached hydrogens (primary N) is 1. The van der Waals surface area contributed by atoms with Crippen molar-refractivity contribution in [2.45, 2.75) is 18.9 Å². The monoisotopic (exact) mass is 158 g/mol. The first-order valence-corrected chi connectivity index (χ1v) is 4.33. The molecule has 1 heterocycles. The molecule has 1 atom stereocenters. The van der Waals surface area contributed by atoms with E-state index >= 15 is 0 Å². The molecule has 0 unspecified atom stereocenters. The van der Waals surface area contributed by atoms with Gasteiger partial charge < -0.3 is 15.4 Å². The van der Waals surface area contributed by atoms with Gasteiger partial charge in [-0.25, -0.2) is 0 Å². The van der Waals surface area contributed by atoms with Crippen LogP contribution >= 0.6 is 0 Å². The van der Waals surface area contributed by atoms with Gasteiger partial charge in [-0.15, -0.1) is 0 Å². The van der Waals surface area contributed by atoms with Crippen molar-refractivity contribution in [3.8, 4) is 0 Å². The largest absolute Gasteiger partial charge is 0.377 e. The van der Waals surface area contributed by atoms with Gasteiger partial charge in [-0.1, -0.05) is 0 Å². The quantitative estimate of drug-likeness (QED) is 0.588. The summed E-state index contributed by atoms with van der Waals surface area (Å²) in [6.45, 7) is 3.83. The van der Waals surface area contributed by atoms with Crippen LogP contribution in [0, 0.1) is 0 Å². The molecule has 1 fully saturated rings. The van der Waals surface area contributed by atoms with Crippen LogP contribution in [0.4, 0.5) is 0 Å². The Bertz CT molecular complexity index is 108. The fourth-order valence-electron chi connectivity index (χ4n) is 1.36. The van der Waals surface area contributed by atoms with Crippen LogP contribution in [0.15, 0.2) is 0 Å². The third-order valence-electron chi connectivity index (χ3n) is 2.05. The van der Waals surface area contributed by atoms with Gasteiger partial charge in [0.15, 0.2) is 0 Å². The third-order valence-corrected chi connectivity index (χ3v) is 2.05. The van der Waals surface area contributed by atoms with E-state index in [9.17, 15) is 0 Å². The van der Waals surface area contributed by atoms with Crippen molar-refractivity contribution in [2.24, 2.45) is 5.73 Å². The topological polar surface area (TPSA) is 38.5 Å². The number of ether oxygens (including phenoxy) is 1. The van der Waals surface area contributed by atoms with Crippen LogP contribution in [0.5, 0.6) is 0 Å². The second-order valence-corrected chi connectivity index (χ2v) is 3.19. The van der Waals surface area contributed by atoms with Gasteiger partial charge in [-0.3, -0.25) is 0 Å². The number of nitrogens with zero attached hydrogens (tertiary/aromatic N) is 1. The number of hydrogen-bond donors (Lipinski definition) is 1. The highest BCUT2D eigenvalue weighted by molar-refractivity contribution is 4.72. The highest BCUT2D eigenvalue weighted by Gasteiger charge is 2.18. The normalized spacial score (nSPS) is 26.2. The first-order valence-electron chi connectivity index (χ1n) is 4.33. The molecule has 1 aliphatic heterocycles. The third kappa shape index (κ3) is 3.18. The SMILES string of the molecule is CN1CC[C@H](OCCCN)C1. The molecule has 11 heavy (non-hydrogen) atoms. The maximum Gasteiger partial charge on any atom is 0.0714 e. The van der Waals surface area contributed by atoms with Crippen molar-refractivity contribution in [3.05, 3.63) is 0 Å². The van der Waals surface area contributed by atoms with E-state index in [0.29, 0.717) is 6.10 Å². The standard InChI is InChI=1S/C8H18N2O/c1-10-5-3-8(7-10)11-6-2-4-9/h8H,2-7,9H2,1H3/t8-/m0/s1. The fraction of sp³-hybridized carbons (Fsp3) is 1.00. The highest BCUT2D eigenvalue weighted by Crippen LogP contribution is 2.09. The first-order chi connectivity index (χ1) is 5.33. The second-order valence-electron chi connectivity index (χ2n) is 3.19. The van der Waals surface area contributed by atoms with Crippen molar-refractivity contribution < 1.29 is 4.74 Å². The van der Waals surface area contributed by atoms with E-state index in [4.69, 9.17) is 10.5 Å². The molecule has 2 N–H and O–H groups in total. The lowest BCUT2D eigenvalue weighted by atomic mass is 10.3. The molecule has 3 heteroatoms. The van der Waals surface area contributed by atoms with E-state index in [-0.39, 0.29) is 0 Å². The van der Waals surface area contributed by atoms with E-state index in [2.05, 4.69) is 11.9 Å². The van der Waals surface area contributed by atoms with E-state index in [1.807, 2.05) is 0 Å². The first kappa shape index (κ1) is 8.97. The molecule has 66 valence electrons. The van der Waals surface area contributed by atoms with E-state index in [1.165, 1.54) is 13.0 Å². The Morgan fingerprint density at radius 1 is 1.64 bits per heavy atom. The average molecular weight is 158 g/mol. The molecule has 0 bridgehead atoms. The predicted octanol–water partition coefficient (Wildman–Crippen LogP) is 0.0559. The second kappa shape index (κ2) is 4.70. The van der Waals surface area contributed by atoms with Crippen LogP contribution in [0.1, 0.15) is 12.8 Å². The maximum atomic E-state index is 5.59. The summed E-state index contributed by atoms with van der Waals surface area (Å²) < 4.78 is 5.59. The van der Waals surface area contributed by atoms with E-state index in [1.54, 1.807) is 0 Å². The lowest BCUT2D eigenvalue weighted by molar-refractivity contribution is 0.0604. The summed E-state index contributed by atoms with van der Waals surface area (Å²) in [5.74, 6) is 0. The van der Waals surface area contributed by atoms with Crippen LogP contribution in [0.25, 0.3) is 0 Å². The Hall–Kier alpha value is -0.120. The lowest BCUT2D eigenvalue weighted by Crippen LogP contribution is -2.20. The molecule has 1 saturated heterocycles. The minimum absolute atomic E-state index is 0.464. The molecule has 0 aliphatic carbocycles. The molecule has 0 radical (unpaired) electrons. The Kier molecular flexibility index (Phi) is 3.83. The molecule has 1 rings (SSSR count). The highest BCUT2D eigenvalue weighted by atomic mass is 16.5. The van der Waals surface area contributed by atoms with Crippen molar-refractivity contribution >= 4 is 0 Å². The Labute approximate surface area is 68.5 Å². The molecule has 0 aromatic rings.